The van der Waals surface area contributed by atoms with Gasteiger partial charge >= 0.3 is 0 Å². The quantitative estimate of drug-likeness (QED) is 0.658. The van der Waals surface area contributed by atoms with E-state index in [-0.39, 0.29) is 5.56 Å². The fraction of sp³-hybridized carbons (Fsp3) is 0.0833. The van der Waals surface area contributed by atoms with Gasteiger partial charge in [-0.25, -0.2) is 0 Å². The highest BCUT2D eigenvalue weighted by molar-refractivity contribution is 7.20. The minimum atomic E-state index is -0.0398. The van der Waals surface area contributed by atoms with Gasteiger partial charge in [0.05, 0.1) is 16.1 Å². The van der Waals surface area contributed by atoms with Crippen molar-refractivity contribution in [3.05, 3.63) is 45.6 Å². The number of hydrogen-bond donors (Lipinski definition) is 1. The number of pyridine rings is 1. The maximum atomic E-state index is 11.8. The fourth-order valence-corrected chi connectivity index (χ4v) is 3.11. The van der Waals surface area contributed by atoms with Gasteiger partial charge in [-0.2, -0.15) is 0 Å². The second-order valence-corrected chi connectivity index (χ2v) is 4.99. The summed E-state index contributed by atoms with van der Waals surface area (Å²) in [4.78, 5) is 15.8. The summed E-state index contributed by atoms with van der Waals surface area (Å²) in [6.45, 7) is 0. The van der Waals surface area contributed by atoms with Gasteiger partial charge in [-0.1, -0.05) is 18.2 Å². The third-order valence-electron chi connectivity index (χ3n) is 2.58. The summed E-state index contributed by atoms with van der Waals surface area (Å²) in [7, 11) is 0. The third kappa shape index (κ3) is 1.36. The first-order chi connectivity index (χ1) is 7.79. The SMILES string of the molecule is O=c1[nH]c2cc(CCl)sc2c2ccccc12. The predicted molar refractivity (Wildman–Crippen MR) is 69.5 cm³/mol. The largest absolute Gasteiger partial charge is 0.321 e. The van der Waals surface area contributed by atoms with Crippen LogP contribution in [0.1, 0.15) is 4.88 Å². The van der Waals surface area contributed by atoms with Crippen LogP contribution in [0.25, 0.3) is 21.0 Å². The number of fused-ring (bicyclic) bond motifs is 3. The van der Waals surface area contributed by atoms with Gasteiger partial charge < -0.3 is 4.98 Å². The zero-order chi connectivity index (χ0) is 11.1. The Balaban J connectivity index is 2.57. The zero-order valence-corrected chi connectivity index (χ0v) is 9.86. The number of H-pyrrole nitrogens is 1. The van der Waals surface area contributed by atoms with Gasteiger partial charge in [-0.15, -0.1) is 22.9 Å². The summed E-state index contributed by atoms with van der Waals surface area (Å²) in [5.74, 6) is 0.482. The molecule has 3 rings (SSSR count). The minimum absolute atomic E-state index is 0.0398. The fourth-order valence-electron chi connectivity index (χ4n) is 1.87. The van der Waals surface area contributed by atoms with E-state index < -0.39 is 0 Å². The molecule has 1 aromatic carbocycles. The monoisotopic (exact) mass is 249 g/mol. The first-order valence-corrected chi connectivity index (χ1v) is 6.24. The summed E-state index contributed by atoms with van der Waals surface area (Å²) in [5.41, 5.74) is 0.839. The van der Waals surface area contributed by atoms with Crippen LogP contribution in [0.5, 0.6) is 0 Å². The van der Waals surface area contributed by atoms with Crippen LogP contribution in [0.3, 0.4) is 0 Å². The second-order valence-electron chi connectivity index (χ2n) is 3.59. The summed E-state index contributed by atoms with van der Waals surface area (Å²) < 4.78 is 1.10. The van der Waals surface area contributed by atoms with Crippen molar-refractivity contribution in [2.75, 3.05) is 0 Å². The van der Waals surface area contributed by atoms with Crippen LogP contribution in [0.2, 0.25) is 0 Å². The topological polar surface area (TPSA) is 32.9 Å². The average molecular weight is 250 g/mol. The molecule has 0 saturated heterocycles. The van der Waals surface area contributed by atoms with E-state index in [9.17, 15) is 4.79 Å². The molecule has 0 spiro atoms. The molecule has 0 unspecified atom stereocenters. The third-order valence-corrected chi connectivity index (χ3v) is 4.19. The normalized spacial score (nSPS) is 11.3. The van der Waals surface area contributed by atoms with Crippen LogP contribution in [-0.2, 0) is 5.88 Å². The Morgan fingerprint density at radius 3 is 2.75 bits per heavy atom. The molecule has 0 bridgehead atoms. The standard InChI is InChI=1S/C12H8ClNOS/c13-6-7-5-10-11(16-7)8-3-1-2-4-9(8)12(15)14-10/h1-5H,6H2,(H,14,15). The molecule has 1 N–H and O–H groups in total. The van der Waals surface area contributed by atoms with Gasteiger partial charge in [0.1, 0.15) is 0 Å². The summed E-state index contributed by atoms with van der Waals surface area (Å²) in [5, 5.41) is 1.74. The highest BCUT2D eigenvalue weighted by Gasteiger charge is 2.07. The highest BCUT2D eigenvalue weighted by atomic mass is 35.5. The molecule has 2 heterocycles. The zero-order valence-electron chi connectivity index (χ0n) is 8.29. The van der Waals surface area contributed by atoms with E-state index in [0.29, 0.717) is 5.88 Å². The molecule has 0 saturated carbocycles. The van der Waals surface area contributed by atoms with Gasteiger partial charge in [-0.3, -0.25) is 4.79 Å². The number of thiophene rings is 1. The summed E-state index contributed by atoms with van der Waals surface area (Å²) in [6.07, 6.45) is 0. The molecule has 0 aliphatic carbocycles. The predicted octanol–water partition coefficient (Wildman–Crippen LogP) is 3.48. The molecule has 80 valence electrons. The first-order valence-electron chi connectivity index (χ1n) is 4.89. The number of benzene rings is 1. The molecular weight excluding hydrogens is 242 g/mol. The molecule has 16 heavy (non-hydrogen) atoms. The van der Waals surface area contributed by atoms with Gasteiger partial charge in [0.2, 0.25) is 0 Å². The number of aromatic amines is 1. The molecule has 0 atom stereocenters. The van der Waals surface area contributed by atoms with Crippen LogP contribution in [0.15, 0.2) is 35.1 Å². The Kier molecular flexibility index (Phi) is 2.23. The van der Waals surface area contributed by atoms with Crippen molar-refractivity contribution in [2.24, 2.45) is 0 Å². The maximum absolute atomic E-state index is 11.8. The first kappa shape index (κ1) is 9.87. The van der Waals surface area contributed by atoms with Crippen molar-refractivity contribution < 1.29 is 0 Å². The van der Waals surface area contributed by atoms with Crippen LogP contribution >= 0.6 is 22.9 Å². The second kappa shape index (κ2) is 3.61. The molecular formula is C12H8ClNOS. The number of nitrogens with one attached hydrogen (secondary N) is 1. The van der Waals surface area contributed by atoms with Crippen molar-refractivity contribution in [1.29, 1.82) is 0 Å². The summed E-state index contributed by atoms with van der Waals surface area (Å²) in [6, 6.07) is 9.58. The van der Waals surface area contributed by atoms with Gasteiger partial charge in [-0.05, 0) is 12.1 Å². The van der Waals surface area contributed by atoms with Crippen molar-refractivity contribution in [1.82, 2.24) is 4.98 Å². The smallest absolute Gasteiger partial charge is 0.256 e. The van der Waals surface area contributed by atoms with Gasteiger partial charge in [0.15, 0.2) is 0 Å². The molecule has 0 fully saturated rings. The number of rotatable bonds is 1. The van der Waals surface area contributed by atoms with E-state index in [0.717, 1.165) is 25.9 Å². The summed E-state index contributed by atoms with van der Waals surface area (Å²) >= 11 is 7.44. The molecule has 0 amide bonds. The van der Waals surface area contributed by atoms with Crippen LogP contribution < -0.4 is 5.56 Å². The minimum Gasteiger partial charge on any atom is -0.321 e. The van der Waals surface area contributed by atoms with Gasteiger partial charge in [0.25, 0.3) is 5.56 Å². The lowest BCUT2D eigenvalue weighted by Gasteiger charge is -1.97. The Labute approximate surface area is 100 Å². The molecule has 4 heteroatoms. The van der Waals surface area contributed by atoms with E-state index in [1.165, 1.54) is 0 Å². The molecule has 3 aromatic rings. The molecule has 0 aliphatic heterocycles. The average Bonchev–Trinajstić information content (AvgIpc) is 2.72. The Bertz CT molecular complexity index is 729. The van der Waals surface area contributed by atoms with E-state index in [4.69, 9.17) is 11.6 Å². The Morgan fingerprint density at radius 2 is 2.00 bits per heavy atom. The molecule has 2 nitrogen and oxygen atoms in total. The van der Waals surface area contributed by atoms with Crippen LogP contribution in [0, 0.1) is 0 Å². The van der Waals surface area contributed by atoms with E-state index in [1.807, 2.05) is 30.3 Å². The van der Waals surface area contributed by atoms with Crippen LogP contribution in [-0.4, -0.2) is 4.98 Å². The lowest BCUT2D eigenvalue weighted by molar-refractivity contribution is 1.35. The maximum Gasteiger partial charge on any atom is 0.256 e. The van der Waals surface area contributed by atoms with E-state index >= 15 is 0 Å². The number of hydrogen-bond acceptors (Lipinski definition) is 2. The number of alkyl halides is 1. The molecule has 2 aromatic heterocycles. The van der Waals surface area contributed by atoms with E-state index in [2.05, 4.69) is 4.98 Å². The lowest BCUT2D eigenvalue weighted by Crippen LogP contribution is -2.04. The Hall–Kier alpha value is -1.32. The van der Waals surface area contributed by atoms with Crippen molar-refractivity contribution in [2.45, 2.75) is 5.88 Å². The lowest BCUT2D eigenvalue weighted by atomic mass is 10.1. The van der Waals surface area contributed by atoms with Crippen molar-refractivity contribution in [3.8, 4) is 0 Å². The van der Waals surface area contributed by atoms with Crippen LogP contribution in [0.4, 0.5) is 0 Å². The van der Waals surface area contributed by atoms with Crippen molar-refractivity contribution in [3.63, 3.8) is 0 Å². The van der Waals surface area contributed by atoms with Crippen molar-refractivity contribution >= 4 is 43.9 Å². The van der Waals surface area contributed by atoms with Gasteiger partial charge in [0, 0.05) is 15.6 Å². The Morgan fingerprint density at radius 1 is 1.25 bits per heavy atom. The number of halogens is 1. The highest BCUT2D eigenvalue weighted by Crippen LogP contribution is 2.30. The molecule has 0 aliphatic rings. The number of aromatic nitrogens is 1. The van der Waals surface area contributed by atoms with E-state index in [1.54, 1.807) is 11.3 Å². The molecule has 0 radical (unpaired) electrons.